The summed E-state index contributed by atoms with van der Waals surface area (Å²) < 4.78 is 16.2. The molecule has 0 radical (unpaired) electrons. The Morgan fingerprint density at radius 1 is 1.15 bits per heavy atom. The largest absolute Gasteiger partial charge is 0.299 e. The maximum Gasteiger partial charge on any atom is 0.192 e. The first-order valence-electron chi connectivity index (χ1n) is 9.02. The number of nitrogens with zero attached hydrogens (tertiary/aromatic N) is 3. The summed E-state index contributed by atoms with van der Waals surface area (Å²) in [6.45, 7) is 3.87. The van der Waals surface area contributed by atoms with Gasteiger partial charge >= 0.3 is 0 Å². The van der Waals surface area contributed by atoms with Gasteiger partial charge < -0.3 is 0 Å². The van der Waals surface area contributed by atoms with Crippen LogP contribution in [0, 0.1) is 12.7 Å². The van der Waals surface area contributed by atoms with Gasteiger partial charge in [0.15, 0.2) is 16.8 Å². The highest BCUT2D eigenvalue weighted by Gasteiger charge is 2.32. The third kappa shape index (κ3) is 3.67. The molecule has 27 heavy (non-hydrogen) atoms. The molecular formula is C21H20FN3OS. The van der Waals surface area contributed by atoms with Crippen LogP contribution in [0.25, 0.3) is 11.4 Å². The Labute approximate surface area is 161 Å². The van der Waals surface area contributed by atoms with E-state index in [-0.39, 0.29) is 22.9 Å². The van der Waals surface area contributed by atoms with E-state index in [2.05, 4.69) is 10.2 Å². The van der Waals surface area contributed by atoms with Gasteiger partial charge in [-0.25, -0.2) is 4.39 Å². The number of thioether (sulfide) groups is 1. The Morgan fingerprint density at radius 2 is 1.85 bits per heavy atom. The third-order valence-corrected chi connectivity index (χ3v) is 5.74. The first kappa shape index (κ1) is 17.9. The van der Waals surface area contributed by atoms with Crippen molar-refractivity contribution < 1.29 is 9.18 Å². The van der Waals surface area contributed by atoms with Crippen LogP contribution in [-0.4, -0.2) is 25.8 Å². The fraction of sp³-hybridized carbons (Fsp3) is 0.286. The molecule has 1 aliphatic carbocycles. The van der Waals surface area contributed by atoms with Crippen molar-refractivity contribution in [3.63, 3.8) is 0 Å². The fourth-order valence-electron chi connectivity index (χ4n) is 3.01. The van der Waals surface area contributed by atoms with Crippen LogP contribution < -0.4 is 0 Å². The fourth-order valence-corrected chi connectivity index (χ4v) is 4.01. The Balaban J connectivity index is 1.62. The lowest BCUT2D eigenvalue weighted by Gasteiger charge is -2.13. The van der Waals surface area contributed by atoms with Gasteiger partial charge in [-0.2, -0.15) is 0 Å². The number of Topliss-reactive ketones (excluding diaryl/α,β-unsaturated/α-hetero) is 1. The number of carbonyl (C=O) groups is 1. The lowest BCUT2D eigenvalue weighted by atomic mass is 10.1. The van der Waals surface area contributed by atoms with Crippen LogP contribution in [0.15, 0.2) is 53.7 Å². The first-order valence-corrected chi connectivity index (χ1v) is 9.90. The molecule has 0 saturated heterocycles. The van der Waals surface area contributed by atoms with Gasteiger partial charge in [-0.1, -0.05) is 53.7 Å². The SMILES string of the molecule is Cc1ccc(C(=O)[C@@H](C)Sc2nnc(-c3ccccc3F)n2C2CC2)cc1. The van der Waals surface area contributed by atoms with Crippen molar-refractivity contribution in [1.29, 1.82) is 0 Å². The Bertz CT molecular complexity index is 979. The Morgan fingerprint density at radius 3 is 2.52 bits per heavy atom. The number of aryl methyl sites for hydroxylation is 1. The van der Waals surface area contributed by atoms with Gasteiger partial charge in [-0.05, 0) is 38.8 Å². The minimum atomic E-state index is -0.313. The molecule has 1 fully saturated rings. The zero-order valence-corrected chi connectivity index (χ0v) is 16.0. The van der Waals surface area contributed by atoms with Crippen molar-refractivity contribution in [2.75, 3.05) is 0 Å². The van der Waals surface area contributed by atoms with E-state index < -0.39 is 0 Å². The number of aromatic nitrogens is 3. The maximum atomic E-state index is 14.3. The molecule has 0 bridgehead atoms. The molecule has 4 nitrogen and oxygen atoms in total. The summed E-state index contributed by atoms with van der Waals surface area (Å²) >= 11 is 1.38. The Kier molecular flexibility index (Phi) is 4.83. The quantitative estimate of drug-likeness (QED) is 0.441. The van der Waals surface area contributed by atoms with E-state index in [9.17, 15) is 9.18 Å². The second-order valence-electron chi connectivity index (χ2n) is 6.88. The van der Waals surface area contributed by atoms with Crippen LogP contribution in [0.5, 0.6) is 0 Å². The first-order chi connectivity index (χ1) is 13.0. The van der Waals surface area contributed by atoms with Crippen molar-refractivity contribution >= 4 is 17.5 Å². The van der Waals surface area contributed by atoms with Crippen LogP contribution in [0.2, 0.25) is 0 Å². The molecule has 2 aromatic carbocycles. The highest BCUT2D eigenvalue weighted by Crippen LogP contribution is 2.42. The molecule has 0 spiro atoms. The van der Waals surface area contributed by atoms with Crippen molar-refractivity contribution in [3.8, 4) is 11.4 Å². The standard InChI is InChI=1S/C21H20FN3OS/c1-13-7-9-15(10-8-13)19(26)14(2)27-21-24-23-20(25(21)16-11-12-16)17-5-3-4-6-18(17)22/h3-10,14,16H,11-12H2,1-2H3/t14-/m1/s1. The van der Waals surface area contributed by atoms with Gasteiger partial charge in [-0.3, -0.25) is 9.36 Å². The smallest absolute Gasteiger partial charge is 0.192 e. The minimum absolute atomic E-state index is 0.0535. The summed E-state index contributed by atoms with van der Waals surface area (Å²) in [6.07, 6.45) is 2.04. The lowest BCUT2D eigenvalue weighted by Crippen LogP contribution is -2.14. The van der Waals surface area contributed by atoms with E-state index in [1.54, 1.807) is 18.2 Å². The highest BCUT2D eigenvalue weighted by atomic mass is 32.2. The topological polar surface area (TPSA) is 47.8 Å². The molecule has 4 rings (SSSR count). The molecule has 138 valence electrons. The van der Waals surface area contributed by atoms with Gasteiger partial charge in [0, 0.05) is 11.6 Å². The summed E-state index contributed by atoms with van der Waals surface area (Å²) in [4.78, 5) is 12.7. The molecule has 1 atom stereocenters. The van der Waals surface area contributed by atoms with Crippen molar-refractivity contribution in [3.05, 3.63) is 65.5 Å². The molecule has 0 amide bonds. The number of hydrogen-bond acceptors (Lipinski definition) is 4. The summed E-state index contributed by atoms with van der Waals surface area (Å²) in [5.41, 5.74) is 2.25. The zero-order valence-electron chi connectivity index (χ0n) is 15.2. The van der Waals surface area contributed by atoms with E-state index in [1.165, 1.54) is 17.8 Å². The molecular weight excluding hydrogens is 361 g/mol. The van der Waals surface area contributed by atoms with Crippen LogP contribution in [0.1, 0.15) is 41.7 Å². The number of halogens is 1. The number of carbonyl (C=O) groups excluding carboxylic acids is 1. The number of benzene rings is 2. The van der Waals surface area contributed by atoms with Crippen LogP contribution in [0.3, 0.4) is 0 Å². The van der Waals surface area contributed by atoms with Crippen LogP contribution in [0.4, 0.5) is 4.39 Å². The predicted octanol–water partition coefficient (Wildman–Crippen LogP) is 5.09. The molecule has 1 heterocycles. The zero-order chi connectivity index (χ0) is 19.0. The minimum Gasteiger partial charge on any atom is -0.299 e. The van der Waals surface area contributed by atoms with E-state index >= 15 is 0 Å². The number of ketones is 1. The Hall–Kier alpha value is -2.47. The van der Waals surface area contributed by atoms with Crippen molar-refractivity contribution in [2.45, 2.75) is 43.1 Å². The van der Waals surface area contributed by atoms with Gasteiger partial charge in [0.25, 0.3) is 0 Å². The van der Waals surface area contributed by atoms with E-state index in [0.717, 1.165) is 18.4 Å². The summed E-state index contributed by atoms with van der Waals surface area (Å²) in [5, 5.41) is 8.90. The van der Waals surface area contributed by atoms with Crippen molar-refractivity contribution in [1.82, 2.24) is 14.8 Å². The van der Waals surface area contributed by atoms with E-state index in [4.69, 9.17) is 0 Å². The van der Waals surface area contributed by atoms with E-state index in [1.807, 2.05) is 42.7 Å². The average Bonchev–Trinajstić information content (AvgIpc) is 3.43. The van der Waals surface area contributed by atoms with E-state index in [0.29, 0.717) is 22.1 Å². The highest BCUT2D eigenvalue weighted by molar-refractivity contribution is 8.00. The summed E-state index contributed by atoms with van der Waals surface area (Å²) in [5.74, 6) is 0.276. The van der Waals surface area contributed by atoms with Gasteiger partial charge in [0.1, 0.15) is 5.82 Å². The molecule has 3 aromatic rings. The van der Waals surface area contributed by atoms with Crippen molar-refractivity contribution in [2.24, 2.45) is 0 Å². The van der Waals surface area contributed by atoms with Crippen LogP contribution in [-0.2, 0) is 0 Å². The molecule has 0 unspecified atom stereocenters. The maximum absolute atomic E-state index is 14.3. The monoisotopic (exact) mass is 381 g/mol. The number of rotatable bonds is 6. The molecule has 0 aliphatic heterocycles. The average molecular weight is 381 g/mol. The predicted molar refractivity (Wildman–Crippen MR) is 105 cm³/mol. The summed E-state index contributed by atoms with van der Waals surface area (Å²) in [7, 11) is 0. The number of hydrogen-bond donors (Lipinski definition) is 0. The molecule has 1 saturated carbocycles. The van der Waals surface area contributed by atoms with Gasteiger partial charge in [0.05, 0.1) is 10.8 Å². The molecule has 1 aromatic heterocycles. The molecule has 1 aliphatic rings. The normalized spacial score (nSPS) is 14.9. The second kappa shape index (κ2) is 7.27. The third-order valence-electron chi connectivity index (χ3n) is 4.68. The van der Waals surface area contributed by atoms with Gasteiger partial charge in [-0.15, -0.1) is 10.2 Å². The lowest BCUT2D eigenvalue weighted by molar-refractivity contribution is 0.0994. The van der Waals surface area contributed by atoms with Crippen LogP contribution >= 0.6 is 11.8 Å². The molecule has 6 heteroatoms. The molecule has 0 N–H and O–H groups in total. The van der Waals surface area contributed by atoms with Gasteiger partial charge in [0.2, 0.25) is 0 Å². The summed E-state index contributed by atoms with van der Waals surface area (Å²) in [6, 6.07) is 14.5. The second-order valence-corrected chi connectivity index (χ2v) is 8.19.